The van der Waals surface area contributed by atoms with Crippen LogP contribution in [0.3, 0.4) is 0 Å². The zero-order valence-electron chi connectivity index (χ0n) is 8.81. The first kappa shape index (κ1) is 13.4. The molecule has 0 aliphatic carbocycles. The van der Waals surface area contributed by atoms with Gasteiger partial charge in [-0.3, -0.25) is 0 Å². The largest absolute Gasteiger partial charge is 0.390 e. The first-order valence-corrected chi connectivity index (χ1v) is 5.68. The fourth-order valence-corrected chi connectivity index (χ4v) is 1.80. The van der Waals surface area contributed by atoms with Crippen LogP contribution in [0.5, 0.6) is 0 Å². The zero-order chi connectivity index (χ0) is 12.1. The van der Waals surface area contributed by atoms with E-state index >= 15 is 0 Å². The molecule has 0 aromatic heterocycles. The predicted octanol–water partition coefficient (Wildman–Crippen LogP) is 0.999. The van der Waals surface area contributed by atoms with E-state index in [1.165, 1.54) is 18.2 Å². The molecule has 0 amide bonds. The quantitative estimate of drug-likeness (QED) is 0.585. The van der Waals surface area contributed by atoms with Crippen molar-refractivity contribution in [2.45, 2.75) is 25.2 Å². The van der Waals surface area contributed by atoms with Crippen molar-refractivity contribution >= 4 is 12.6 Å². The molecule has 0 heterocycles. The molecule has 1 aromatic rings. The summed E-state index contributed by atoms with van der Waals surface area (Å²) < 4.78 is 12.9. The Morgan fingerprint density at radius 2 is 2.06 bits per heavy atom. The summed E-state index contributed by atoms with van der Waals surface area (Å²) in [5, 5.41) is 19.5. The molecule has 4 N–H and O–H groups in total. The lowest BCUT2D eigenvalue weighted by Gasteiger charge is -2.19. The average Bonchev–Trinajstić information content (AvgIpc) is 2.28. The Kier molecular flexibility index (Phi) is 5.21. The summed E-state index contributed by atoms with van der Waals surface area (Å²) in [6, 6.07) is 3.96. The van der Waals surface area contributed by atoms with Crippen LogP contribution in [0.15, 0.2) is 18.2 Å². The van der Waals surface area contributed by atoms with Gasteiger partial charge in [-0.2, -0.15) is 12.6 Å². The summed E-state index contributed by atoms with van der Waals surface area (Å²) in [7, 11) is 0. The van der Waals surface area contributed by atoms with Crippen molar-refractivity contribution < 1.29 is 14.6 Å². The molecule has 1 rings (SSSR count). The average molecular weight is 245 g/mol. The monoisotopic (exact) mass is 245 g/mol. The summed E-state index contributed by atoms with van der Waals surface area (Å²) in [6.45, 7) is 0.123. The fourth-order valence-electron chi connectivity index (χ4n) is 1.54. The van der Waals surface area contributed by atoms with E-state index in [1.54, 1.807) is 0 Å². The molecular weight excluding hydrogens is 229 g/mol. The van der Waals surface area contributed by atoms with Crippen LogP contribution in [0.4, 0.5) is 4.39 Å². The molecule has 2 unspecified atom stereocenters. The van der Waals surface area contributed by atoms with Gasteiger partial charge in [0.2, 0.25) is 0 Å². The van der Waals surface area contributed by atoms with E-state index in [1.807, 2.05) is 0 Å². The maximum absolute atomic E-state index is 12.9. The van der Waals surface area contributed by atoms with Crippen LogP contribution < -0.4 is 5.73 Å². The van der Waals surface area contributed by atoms with Crippen LogP contribution in [0.1, 0.15) is 23.7 Å². The number of benzene rings is 1. The standard InChI is InChI=1S/C11H16FNO2S/c12-8-1-2-9(7(5-8)6-13)11(15)10(14)3-4-16/h1-2,5,10-11,14-16H,3-4,6,13H2. The first-order valence-electron chi connectivity index (χ1n) is 5.05. The second kappa shape index (κ2) is 6.20. The Labute approximate surface area is 99.5 Å². The molecule has 90 valence electrons. The van der Waals surface area contributed by atoms with Crippen molar-refractivity contribution in [1.82, 2.24) is 0 Å². The van der Waals surface area contributed by atoms with Crippen molar-refractivity contribution in [1.29, 1.82) is 0 Å². The van der Waals surface area contributed by atoms with Crippen LogP contribution in [0.25, 0.3) is 0 Å². The SMILES string of the molecule is NCc1cc(F)ccc1C(O)C(O)CCS. The van der Waals surface area contributed by atoms with E-state index in [2.05, 4.69) is 12.6 Å². The van der Waals surface area contributed by atoms with Crippen LogP contribution in [0.2, 0.25) is 0 Å². The van der Waals surface area contributed by atoms with Crippen molar-refractivity contribution in [3.05, 3.63) is 35.1 Å². The van der Waals surface area contributed by atoms with Gasteiger partial charge in [0.05, 0.1) is 6.10 Å². The van der Waals surface area contributed by atoms with Gasteiger partial charge < -0.3 is 15.9 Å². The summed E-state index contributed by atoms with van der Waals surface area (Å²) in [4.78, 5) is 0. The van der Waals surface area contributed by atoms with Gasteiger partial charge in [0.15, 0.2) is 0 Å². The van der Waals surface area contributed by atoms with Gasteiger partial charge in [-0.25, -0.2) is 4.39 Å². The fraction of sp³-hybridized carbons (Fsp3) is 0.455. The highest BCUT2D eigenvalue weighted by atomic mass is 32.1. The number of aliphatic hydroxyl groups is 2. The number of aliphatic hydroxyl groups excluding tert-OH is 2. The normalized spacial score (nSPS) is 14.8. The summed E-state index contributed by atoms with van der Waals surface area (Å²) in [5.41, 5.74) is 6.43. The third-order valence-corrected chi connectivity index (χ3v) is 2.69. The molecule has 0 aliphatic rings. The van der Waals surface area contributed by atoms with Crippen molar-refractivity contribution in [3.63, 3.8) is 0 Å². The Bertz CT molecular complexity index is 349. The Morgan fingerprint density at radius 1 is 1.38 bits per heavy atom. The summed E-state index contributed by atoms with van der Waals surface area (Å²) >= 11 is 3.98. The first-order chi connectivity index (χ1) is 7.60. The van der Waals surface area contributed by atoms with E-state index < -0.39 is 18.0 Å². The van der Waals surface area contributed by atoms with Gasteiger partial charge in [0.25, 0.3) is 0 Å². The van der Waals surface area contributed by atoms with Gasteiger partial charge in [-0.1, -0.05) is 6.07 Å². The molecule has 0 aliphatic heterocycles. The minimum absolute atomic E-state index is 0.123. The molecule has 3 nitrogen and oxygen atoms in total. The third-order valence-electron chi connectivity index (χ3n) is 2.43. The van der Waals surface area contributed by atoms with Gasteiger partial charge in [0, 0.05) is 6.54 Å². The van der Waals surface area contributed by atoms with E-state index in [9.17, 15) is 14.6 Å². The van der Waals surface area contributed by atoms with Crippen LogP contribution in [-0.2, 0) is 6.54 Å². The smallest absolute Gasteiger partial charge is 0.123 e. The number of hydrogen-bond donors (Lipinski definition) is 4. The van der Waals surface area contributed by atoms with Gasteiger partial charge in [-0.05, 0) is 35.4 Å². The molecule has 0 radical (unpaired) electrons. The molecule has 0 fully saturated rings. The van der Waals surface area contributed by atoms with Crippen molar-refractivity contribution in [2.75, 3.05) is 5.75 Å². The number of rotatable bonds is 5. The highest BCUT2D eigenvalue weighted by molar-refractivity contribution is 7.80. The lowest BCUT2D eigenvalue weighted by Crippen LogP contribution is -2.20. The number of hydrogen-bond acceptors (Lipinski definition) is 4. The molecule has 1 aromatic carbocycles. The van der Waals surface area contributed by atoms with E-state index in [0.29, 0.717) is 23.3 Å². The van der Waals surface area contributed by atoms with Gasteiger partial charge >= 0.3 is 0 Å². The molecule has 5 heteroatoms. The molecular formula is C11H16FNO2S. The number of nitrogens with two attached hydrogens (primary N) is 1. The lowest BCUT2D eigenvalue weighted by atomic mass is 9.97. The second-order valence-electron chi connectivity index (χ2n) is 3.57. The van der Waals surface area contributed by atoms with Crippen molar-refractivity contribution in [2.24, 2.45) is 5.73 Å². The van der Waals surface area contributed by atoms with Gasteiger partial charge in [-0.15, -0.1) is 0 Å². The third kappa shape index (κ3) is 3.18. The van der Waals surface area contributed by atoms with Crippen LogP contribution >= 0.6 is 12.6 Å². The topological polar surface area (TPSA) is 66.5 Å². The van der Waals surface area contributed by atoms with E-state index in [0.717, 1.165) is 0 Å². The molecule has 0 spiro atoms. The van der Waals surface area contributed by atoms with Crippen molar-refractivity contribution in [3.8, 4) is 0 Å². The van der Waals surface area contributed by atoms with Crippen LogP contribution in [0, 0.1) is 5.82 Å². The molecule has 16 heavy (non-hydrogen) atoms. The lowest BCUT2D eigenvalue weighted by molar-refractivity contribution is 0.0167. The zero-order valence-corrected chi connectivity index (χ0v) is 9.70. The number of thiol groups is 1. The number of halogens is 1. The maximum Gasteiger partial charge on any atom is 0.123 e. The predicted molar refractivity (Wildman–Crippen MR) is 63.7 cm³/mol. The molecule has 0 bridgehead atoms. The second-order valence-corrected chi connectivity index (χ2v) is 4.02. The van der Waals surface area contributed by atoms with E-state index in [-0.39, 0.29) is 6.54 Å². The highest BCUT2D eigenvalue weighted by Crippen LogP contribution is 2.23. The Balaban J connectivity index is 2.93. The van der Waals surface area contributed by atoms with Gasteiger partial charge in [0.1, 0.15) is 11.9 Å². The minimum Gasteiger partial charge on any atom is -0.390 e. The van der Waals surface area contributed by atoms with E-state index in [4.69, 9.17) is 5.73 Å². The minimum atomic E-state index is -1.05. The Morgan fingerprint density at radius 3 is 2.62 bits per heavy atom. The molecule has 2 atom stereocenters. The highest BCUT2D eigenvalue weighted by Gasteiger charge is 2.20. The maximum atomic E-state index is 12.9. The molecule has 0 saturated carbocycles. The summed E-state index contributed by atoms with van der Waals surface area (Å²) in [5.74, 6) is 0.0669. The summed E-state index contributed by atoms with van der Waals surface area (Å²) in [6.07, 6.45) is -1.59. The molecule has 0 saturated heterocycles. The Hall–Kier alpha value is -0.620. The van der Waals surface area contributed by atoms with Crippen LogP contribution in [-0.4, -0.2) is 22.1 Å².